The van der Waals surface area contributed by atoms with E-state index in [1.165, 1.54) is 28.0 Å². The molecule has 3 rings (SSSR count). The van der Waals surface area contributed by atoms with Crippen LogP contribution in [0.25, 0.3) is 0 Å². The highest BCUT2D eigenvalue weighted by Gasteiger charge is 2.33. The molecule has 0 fully saturated rings. The molecule has 1 atom stereocenters. The summed E-state index contributed by atoms with van der Waals surface area (Å²) in [6.45, 7) is 6.76. The van der Waals surface area contributed by atoms with Crippen LogP contribution in [0.1, 0.15) is 48.0 Å². The van der Waals surface area contributed by atoms with E-state index in [4.69, 9.17) is 17.3 Å². The Balaban J connectivity index is 1.73. The number of thioether (sulfide) groups is 1. The van der Waals surface area contributed by atoms with Crippen LogP contribution in [0.3, 0.4) is 0 Å². The van der Waals surface area contributed by atoms with Gasteiger partial charge in [-0.15, -0.1) is 23.1 Å². The Morgan fingerprint density at radius 1 is 1.29 bits per heavy atom. The Morgan fingerprint density at radius 2 is 1.96 bits per heavy atom. The topological polar surface area (TPSA) is 72.2 Å². The van der Waals surface area contributed by atoms with E-state index in [9.17, 15) is 9.59 Å². The van der Waals surface area contributed by atoms with Gasteiger partial charge in [0.05, 0.1) is 11.3 Å². The lowest BCUT2D eigenvalue weighted by Crippen LogP contribution is -2.27. The molecule has 1 heterocycles. The summed E-state index contributed by atoms with van der Waals surface area (Å²) >= 11 is 8.82. The highest BCUT2D eigenvalue weighted by Crippen LogP contribution is 2.44. The maximum Gasteiger partial charge on any atom is 0.251 e. The largest absolute Gasteiger partial charge is 0.365 e. The predicted molar refractivity (Wildman–Crippen MR) is 119 cm³/mol. The van der Waals surface area contributed by atoms with Gasteiger partial charge in [0.1, 0.15) is 5.00 Å². The zero-order chi connectivity index (χ0) is 20.5. The Labute approximate surface area is 179 Å². The Kier molecular flexibility index (Phi) is 6.42. The third-order valence-corrected chi connectivity index (χ3v) is 7.61. The van der Waals surface area contributed by atoms with Crippen molar-refractivity contribution in [3.05, 3.63) is 45.3 Å². The molecule has 1 aliphatic carbocycles. The molecule has 0 saturated carbocycles. The minimum atomic E-state index is -0.465. The van der Waals surface area contributed by atoms with Gasteiger partial charge in [0, 0.05) is 14.8 Å². The molecule has 0 unspecified atom stereocenters. The number of nitrogens with one attached hydrogen (secondary N) is 1. The number of halogens is 1. The fourth-order valence-corrected chi connectivity index (χ4v) is 5.69. The molecule has 2 aromatic rings. The van der Waals surface area contributed by atoms with Gasteiger partial charge in [0.25, 0.3) is 5.91 Å². The summed E-state index contributed by atoms with van der Waals surface area (Å²) in [5.41, 5.74) is 7.40. The van der Waals surface area contributed by atoms with Crippen LogP contribution in [-0.2, 0) is 17.6 Å². The first-order chi connectivity index (χ1) is 13.1. The van der Waals surface area contributed by atoms with Gasteiger partial charge in [0.15, 0.2) is 0 Å². The van der Waals surface area contributed by atoms with E-state index in [0.29, 0.717) is 21.5 Å². The molecule has 0 radical (unpaired) electrons. The molecule has 0 bridgehead atoms. The van der Waals surface area contributed by atoms with E-state index in [1.54, 1.807) is 12.1 Å². The Hall–Kier alpha value is -1.50. The number of rotatable bonds is 5. The molecule has 1 aromatic carbocycles. The summed E-state index contributed by atoms with van der Waals surface area (Å²) in [5.74, 6) is 0.205. The number of fused-ring (bicyclic) bond motifs is 1. The summed E-state index contributed by atoms with van der Waals surface area (Å²) in [6.07, 6.45) is 2.80. The number of nitrogens with two attached hydrogens (primary N) is 1. The second-order valence-electron chi connectivity index (χ2n) is 8.17. The van der Waals surface area contributed by atoms with Gasteiger partial charge in [-0.05, 0) is 60.4 Å². The molecule has 2 amide bonds. The molecule has 4 nitrogen and oxygen atoms in total. The minimum Gasteiger partial charge on any atom is -0.365 e. The predicted octanol–water partition coefficient (Wildman–Crippen LogP) is 5.38. The first kappa shape index (κ1) is 21.2. The Bertz CT molecular complexity index is 885. The number of carbonyl (C=O) groups is 2. The second-order valence-corrected chi connectivity index (χ2v) is 10.8. The Morgan fingerprint density at radius 3 is 2.57 bits per heavy atom. The average molecular weight is 437 g/mol. The van der Waals surface area contributed by atoms with Gasteiger partial charge in [0.2, 0.25) is 5.91 Å². The van der Waals surface area contributed by atoms with Crippen LogP contribution < -0.4 is 11.1 Å². The van der Waals surface area contributed by atoms with Crippen LogP contribution in [-0.4, -0.2) is 17.6 Å². The smallest absolute Gasteiger partial charge is 0.251 e. The molecule has 7 heteroatoms. The summed E-state index contributed by atoms with van der Waals surface area (Å²) < 4.78 is 0. The van der Waals surface area contributed by atoms with Crippen LogP contribution in [0.2, 0.25) is 5.02 Å². The van der Waals surface area contributed by atoms with E-state index in [0.717, 1.165) is 29.7 Å². The highest BCUT2D eigenvalue weighted by atomic mass is 35.5. The highest BCUT2D eigenvalue weighted by molar-refractivity contribution is 8.00. The van der Waals surface area contributed by atoms with Crippen LogP contribution >= 0.6 is 34.7 Å². The van der Waals surface area contributed by atoms with Crippen molar-refractivity contribution in [1.29, 1.82) is 0 Å². The third kappa shape index (κ3) is 4.91. The lowest BCUT2D eigenvalue weighted by atomic mass is 9.72. The van der Waals surface area contributed by atoms with E-state index in [-0.39, 0.29) is 17.1 Å². The van der Waals surface area contributed by atoms with Gasteiger partial charge in [-0.1, -0.05) is 32.4 Å². The normalized spacial score (nSPS) is 16.5. The van der Waals surface area contributed by atoms with E-state index >= 15 is 0 Å². The number of amides is 2. The van der Waals surface area contributed by atoms with Crippen molar-refractivity contribution in [3.63, 3.8) is 0 Å². The molecular weight excluding hydrogens is 412 g/mol. The zero-order valence-electron chi connectivity index (χ0n) is 16.3. The molecule has 1 aliphatic rings. The lowest BCUT2D eigenvalue weighted by Gasteiger charge is -2.33. The number of hydrogen-bond acceptors (Lipinski definition) is 4. The van der Waals surface area contributed by atoms with Gasteiger partial charge < -0.3 is 11.1 Å². The zero-order valence-corrected chi connectivity index (χ0v) is 18.7. The van der Waals surface area contributed by atoms with Crippen molar-refractivity contribution >= 4 is 51.5 Å². The van der Waals surface area contributed by atoms with Gasteiger partial charge in [-0.3, -0.25) is 9.59 Å². The van der Waals surface area contributed by atoms with Crippen molar-refractivity contribution in [3.8, 4) is 0 Å². The number of hydrogen-bond donors (Lipinski definition) is 2. The number of anilines is 1. The molecule has 28 heavy (non-hydrogen) atoms. The monoisotopic (exact) mass is 436 g/mol. The molecule has 3 N–H and O–H groups in total. The number of primary amides is 1. The number of carbonyl (C=O) groups excluding carboxylic acids is 2. The molecular formula is C21H25ClN2O2S2. The van der Waals surface area contributed by atoms with Crippen LogP contribution in [0, 0.1) is 11.3 Å². The van der Waals surface area contributed by atoms with Crippen LogP contribution in [0.4, 0.5) is 5.00 Å². The lowest BCUT2D eigenvalue weighted by molar-refractivity contribution is -0.113. The summed E-state index contributed by atoms with van der Waals surface area (Å²) in [6, 6.07) is 7.36. The SMILES string of the molecule is CC(C)(C)[C@H]1CCc2c(sc(NC(=O)CSc3ccc(Cl)cc3)c2C(N)=O)C1. The van der Waals surface area contributed by atoms with Crippen molar-refractivity contribution in [1.82, 2.24) is 0 Å². The maximum absolute atomic E-state index is 12.5. The van der Waals surface area contributed by atoms with E-state index in [2.05, 4.69) is 26.1 Å². The van der Waals surface area contributed by atoms with Crippen LogP contribution in [0.15, 0.2) is 29.2 Å². The summed E-state index contributed by atoms with van der Waals surface area (Å²) in [7, 11) is 0. The van der Waals surface area contributed by atoms with Crippen molar-refractivity contribution in [2.75, 3.05) is 11.1 Å². The second kappa shape index (κ2) is 8.47. The fourth-order valence-electron chi connectivity index (χ4n) is 3.52. The summed E-state index contributed by atoms with van der Waals surface area (Å²) in [5, 5.41) is 4.17. The maximum atomic E-state index is 12.5. The fraction of sp³-hybridized carbons (Fsp3) is 0.429. The third-order valence-electron chi connectivity index (χ3n) is 5.17. The standard InChI is InChI=1S/C21H25ClN2O2S2/c1-21(2,3)12-4-9-15-16(10-12)28-20(18(15)19(23)26)24-17(25)11-27-14-7-5-13(22)6-8-14/h5-8,12H,4,9-11H2,1-3H3,(H2,23,26)(H,24,25)/t12-/m0/s1. The van der Waals surface area contributed by atoms with Crippen LogP contribution in [0.5, 0.6) is 0 Å². The molecule has 150 valence electrons. The molecule has 0 saturated heterocycles. The molecule has 1 aromatic heterocycles. The van der Waals surface area contributed by atoms with Crippen molar-refractivity contribution in [2.24, 2.45) is 17.1 Å². The molecule has 0 aliphatic heterocycles. The van der Waals surface area contributed by atoms with Gasteiger partial charge >= 0.3 is 0 Å². The first-order valence-corrected chi connectivity index (χ1v) is 11.5. The van der Waals surface area contributed by atoms with Gasteiger partial charge in [-0.2, -0.15) is 0 Å². The van der Waals surface area contributed by atoms with E-state index in [1.807, 2.05) is 12.1 Å². The number of benzene rings is 1. The minimum absolute atomic E-state index is 0.145. The quantitative estimate of drug-likeness (QED) is 0.618. The molecule has 0 spiro atoms. The van der Waals surface area contributed by atoms with E-state index < -0.39 is 5.91 Å². The van der Waals surface area contributed by atoms with Crippen molar-refractivity contribution < 1.29 is 9.59 Å². The first-order valence-electron chi connectivity index (χ1n) is 9.27. The summed E-state index contributed by atoms with van der Waals surface area (Å²) in [4.78, 5) is 26.7. The van der Waals surface area contributed by atoms with Gasteiger partial charge in [-0.25, -0.2) is 0 Å². The average Bonchev–Trinajstić information content (AvgIpc) is 2.97. The van der Waals surface area contributed by atoms with Crippen molar-refractivity contribution in [2.45, 2.75) is 44.9 Å². The number of thiophene rings is 1.